The van der Waals surface area contributed by atoms with Gasteiger partial charge in [-0.2, -0.15) is 0 Å². The predicted molar refractivity (Wildman–Crippen MR) is 95.1 cm³/mol. The molecule has 0 spiro atoms. The first-order valence-electron chi connectivity index (χ1n) is 9.23. The fourth-order valence-corrected chi connectivity index (χ4v) is 5.56. The zero-order valence-corrected chi connectivity index (χ0v) is 15.1. The van der Waals surface area contributed by atoms with E-state index in [0.29, 0.717) is 22.8 Å². The van der Waals surface area contributed by atoms with Crippen molar-refractivity contribution in [1.82, 2.24) is 0 Å². The third-order valence-electron chi connectivity index (χ3n) is 6.93. The van der Waals surface area contributed by atoms with E-state index >= 15 is 0 Å². The SMILES string of the molecule is CC1(C)C2CC[C@@H](Cc3ccc(C(=O)O)cc3)C[C@@]2(C)CC[C@@H]1O. The van der Waals surface area contributed by atoms with Crippen LogP contribution in [0.15, 0.2) is 24.3 Å². The summed E-state index contributed by atoms with van der Waals surface area (Å²) in [6.45, 7) is 6.90. The molecule has 0 amide bonds. The van der Waals surface area contributed by atoms with Crippen molar-refractivity contribution in [2.24, 2.45) is 22.7 Å². The molecule has 1 unspecified atom stereocenters. The van der Waals surface area contributed by atoms with Crippen LogP contribution < -0.4 is 0 Å². The Kier molecular flexibility index (Phi) is 4.50. The zero-order valence-electron chi connectivity index (χ0n) is 15.1. The summed E-state index contributed by atoms with van der Waals surface area (Å²) in [4.78, 5) is 11.0. The third-order valence-corrected chi connectivity index (χ3v) is 6.93. The molecule has 1 aromatic carbocycles. The van der Waals surface area contributed by atoms with Crippen LogP contribution in [-0.4, -0.2) is 22.3 Å². The maximum absolute atomic E-state index is 11.0. The van der Waals surface area contributed by atoms with Crippen molar-refractivity contribution >= 4 is 5.97 Å². The average molecular weight is 330 g/mol. The second kappa shape index (κ2) is 6.18. The van der Waals surface area contributed by atoms with Crippen LogP contribution >= 0.6 is 0 Å². The number of fused-ring (bicyclic) bond motifs is 1. The van der Waals surface area contributed by atoms with Crippen molar-refractivity contribution in [3.8, 4) is 0 Å². The molecule has 2 aliphatic rings. The van der Waals surface area contributed by atoms with Gasteiger partial charge in [-0.3, -0.25) is 0 Å². The molecule has 0 bridgehead atoms. The second-order valence-electron chi connectivity index (χ2n) is 8.94. The van der Waals surface area contributed by atoms with Gasteiger partial charge >= 0.3 is 5.97 Å². The van der Waals surface area contributed by atoms with Crippen molar-refractivity contribution < 1.29 is 15.0 Å². The van der Waals surface area contributed by atoms with E-state index in [4.69, 9.17) is 5.11 Å². The van der Waals surface area contributed by atoms with Crippen molar-refractivity contribution in [2.75, 3.05) is 0 Å². The maximum Gasteiger partial charge on any atom is 0.335 e. The van der Waals surface area contributed by atoms with Gasteiger partial charge in [0.15, 0.2) is 0 Å². The molecule has 0 aromatic heterocycles. The van der Waals surface area contributed by atoms with Gasteiger partial charge < -0.3 is 10.2 Å². The van der Waals surface area contributed by atoms with E-state index in [0.717, 1.165) is 19.3 Å². The topological polar surface area (TPSA) is 57.5 Å². The van der Waals surface area contributed by atoms with Crippen LogP contribution in [0.1, 0.15) is 68.8 Å². The molecular formula is C21H30O3. The first-order chi connectivity index (χ1) is 11.2. The summed E-state index contributed by atoms with van der Waals surface area (Å²) in [5.41, 5.74) is 1.94. The first kappa shape index (κ1) is 17.5. The van der Waals surface area contributed by atoms with E-state index in [9.17, 15) is 9.90 Å². The summed E-state index contributed by atoms with van der Waals surface area (Å²) in [6, 6.07) is 7.36. The molecule has 2 N–H and O–H groups in total. The molecule has 0 saturated heterocycles. The standard InChI is InChI=1S/C21H30O3/c1-20(2)17-9-6-15(13-21(17,3)11-10-18(20)22)12-14-4-7-16(8-5-14)19(23)24/h4-5,7-8,15,17-18,22H,6,9-13H2,1-3H3,(H,23,24)/t15-,17?,18-,21+/m0/s1. The van der Waals surface area contributed by atoms with Gasteiger partial charge in [0.25, 0.3) is 0 Å². The molecule has 1 aromatic rings. The summed E-state index contributed by atoms with van der Waals surface area (Å²) < 4.78 is 0. The van der Waals surface area contributed by atoms with Gasteiger partial charge in [0.05, 0.1) is 11.7 Å². The lowest BCUT2D eigenvalue weighted by molar-refractivity contribution is -0.121. The molecule has 4 atom stereocenters. The number of carboxylic acids is 1. The highest BCUT2D eigenvalue weighted by Crippen LogP contribution is 2.58. The van der Waals surface area contributed by atoms with Crippen LogP contribution in [0.4, 0.5) is 0 Å². The lowest BCUT2D eigenvalue weighted by atomic mass is 9.49. The molecule has 2 saturated carbocycles. The highest BCUT2D eigenvalue weighted by molar-refractivity contribution is 5.87. The monoisotopic (exact) mass is 330 g/mol. The Balaban J connectivity index is 1.69. The van der Waals surface area contributed by atoms with Crippen LogP contribution in [0.2, 0.25) is 0 Å². The van der Waals surface area contributed by atoms with E-state index in [2.05, 4.69) is 20.8 Å². The molecule has 0 radical (unpaired) electrons. The van der Waals surface area contributed by atoms with Crippen LogP contribution in [0.3, 0.4) is 0 Å². The Morgan fingerprint density at radius 1 is 1.12 bits per heavy atom. The van der Waals surface area contributed by atoms with Crippen LogP contribution in [0, 0.1) is 22.7 Å². The van der Waals surface area contributed by atoms with E-state index in [1.807, 2.05) is 12.1 Å². The Morgan fingerprint density at radius 3 is 2.42 bits per heavy atom. The number of carboxylic acid groups (broad SMARTS) is 1. The highest BCUT2D eigenvalue weighted by atomic mass is 16.4. The number of hydrogen-bond donors (Lipinski definition) is 2. The van der Waals surface area contributed by atoms with Gasteiger partial charge in [-0.1, -0.05) is 32.9 Å². The zero-order chi connectivity index (χ0) is 17.5. The first-order valence-corrected chi connectivity index (χ1v) is 9.23. The molecule has 3 nitrogen and oxygen atoms in total. The molecule has 0 heterocycles. The van der Waals surface area contributed by atoms with Crippen molar-refractivity contribution in [1.29, 1.82) is 0 Å². The van der Waals surface area contributed by atoms with Crippen LogP contribution in [0.25, 0.3) is 0 Å². The largest absolute Gasteiger partial charge is 0.478 e. The molecule has 2 aliphatic carbocycles. The Labute approximate surface area is 145 Å². The minimum Gasteiger partial charge on any atom is -0.478 e. The molecular weight excluding hydrogens is 300 g/mol. The number of carbonyl (C=O) groups is 1. The number of benzene rings is 1. The number of aliphatic hydroxyl groups is 1. The average Bonchev–Trinajstić information content (AvgIpc) is 2.52. The normalized spacial score (nSPS) is 35.2. The van der Waals surface area contributed by atoms with Gasteiger partial charge in [0, 0.05) is 0 Å². The van der Waals surface area contributed by atoms with Gasteiger partial charge in [-0.25, -0.2) is 4.79 Å². The van der Waals surface area contributed by atoms with E-state index in [-0.39, 0.29) is 11.5 Å². The van der Waals surface area contributed by atoms with Crippen molar-refractivity contribution in [3.05, 3.63) is 35.4 Å². The number of rotatable bonds is 3. The van der Waals surface area contributed by atoms with Crippen molar-refractivity contribution in [2.45, 2.75) is 65.4 Å². The van der Waals surface area contributed by atoms with E-state index in [1.165, 1.54) is 24.8 Å². The van der Waals surface area contributed by atoms with Crippen molar-refractivity contribution in [3.63, 3.8) is 0 Å². The van der Waals surface area contributed by atoms with Gasteiger partial charge in [-0.05, 0) is 78.9 Å². The summed E-state index contributed by atoms with van der Waals surface area (Å²) in [7, 11) is 0. The smallest absolute Gasteiger partial charge is 0.335 e. The van der Waals surface area contributed by atoms with Gasteiger partial charge in [0.1, 0.15) is 0 Å². The number of hydrogen-bond acceptors (Lipinski definition) is 2. The fourth-order valence-electron chi connectivity index (χ4n) is 5.56. The summed E-state index contributed by atoms with van der Waals surface area (Å²) >= 11 is 0. The van der Waals surface area contributed by atoms with Gasteiger partial charge in [0.2, 0.25) is 0 Å². The van der Waals surface area contributed by atoms with Crippen LogP contribution in [0.5, 0.6) is 0 Å². The Morgan fingerprint density at radius 2 is 1.79 bits per heavy atom. The molecule has 132 valence electrons. The minimum atomic E-state index is -0.863. The molecule has 3 heteroatoms. The maximum atomic E-state index is 11.0. The summed E-state index contributed by atoms with van der Waals surface area (Å²) in [5.74, 6) is 0.393. The van der Waals surface area contributed by atoms with Gasteiger partial charge in [-0.15, -0.1) is 0 Å². The Bertz CT molecular complexity index is 604. The lowest BCUT2D eigenvalue weighted by Gasteiger charge is -2.57. The lowest BCUT2D eigenvalue weighted by Crippen LogP contribution is -2.52. The Hall–Kier alpha value is -1.35. The molecule has 3 rings (SSSR count). The number of aliphatic hydroxyl groups excluding tert-OH is 1. The predicted octanol–water partition coefficient (Wildman–Crippen LogP) is 4.53. The summed E-state index contributed by atoms with van der Waals surface area (Å²) in [5, 5.41) is 19.4. The second-order valence-corrected chi connectivity index (χ2v) is 8.94. The van der Waals surface area contributed by atoms with E-state index < -0.39 is 5.97 Å². The third kappa shape index (κ3) is 3.11. The number of aromatic carboxylic acids is 1. The highest BCUT2D eigenvalue weighted by Gasteiger charge is 2.52. The van der Waals surface area contributed by atoms with Crippen LogP contribution in [-0.2, 0) is 6.42 Å². The molecule has 24 heavy (non-hydrogen) atoms. The van der Waals surface area contributed by atoms with E-state index in [1.54, 1.807) is 12.1 Å². The molecule has 0 aliphatic heterocycles. The fraction of sp³-hybridized carbons (Fsp3) is 0.667. The molecule has 2 fully saturated rings. The quantitative estimate of drug-likeness (QED) is 0.856. The summed E-state index contributed by atoms with van der Waals surface area (Å²) in [6.07, 6.45) is 6.52. The minimum absolute atomic E-state index is 0.0150.